The molecule has 0 atom stereocenters. The molecule has 202 valence electrons. The SMILES string of the molecule is O=C(CN(C(=O)Nc1cccc(C(F)(F)F)c1)C1CCCCC1)N(Cc1ccc(F)cc1)Cc1cccs1. The third-order valence-corrected chi connectivity index (χ3v) is 7.45. The normalized spacial score (nSPS) is 14.2. The number of hydrogen-bond donors (Lipinski definition) is 1. The largest absolute Gasteiger partial charge is 0.416 e. The number of hydrogen-bond acceptors (Lipinski definition) is 3. The van der Waals surface area contributed by atoms with Crippen molar-refractivity contribution in [3.63, 3.8) is 0 Å². The zero-order chi connectivity index (χ0) is 27.1. The van der Waals surface area contributed by atoms with Crippen molar-refractivity contribution in [2.24, 2.45) is 0 Å². The van der Waals surface area contributed by atoms with Gasteiger partial charge in [-0.3, -0.25) is 4.79 Å². The average Bonchev–Trinajstić information content (AvgIpc) is 3.41. The number of thiophene rings is 1. The molecule has 0 unspecified atom stereocenters. The Balaban J connectivity index is 1.54. The van der Waals surface area contributed by atoms with E-state index in [0.717, 1.165) is 41.8 Å². The van der Waals surface area contributed by atoms with Crippen molar-refractivity contribution in [2.75, 3.05) is 11.9 Å². The summed E-state index contributed by atoms with van der Waals surface area (Å²) in [4.78, 5) is 31.0. The summed E-state index contributed by atoms with van der Waals surface area (Å²) in [5.41, 5.74) is -0.106. The molecule has 5 nitrogen and oxygen atoms in total. The highest BCUT2D eigenvalue weighted by molar-refractivity contribution is 7.09. The zero-order valence-electron chi connectivity index (χ0n) is 20.7. The molecule has 3 amide bonds. The molecule has 1 aliphatic carbocycles. The van der Waals surface area contributed by atoms with E-state index in [1.807, 2.05) is 17.5 Å². The molecule has 2 aromatic carbocycles. The number of benzene rings is 2. The molecule has 1 N–H and O–H groups in total. The molecule has 0 radical (unpaired) electrons. The van der Waals surface area contributed by atoms with Gasteiger partial charge in [0.1, 0.15) is 12.4 Å². The van der Waals surface area contributed by atoms with Crippen LogP contribution in [0.25, 0.3) is 0 Å². The number of carbonyl (C=O) groups is 2. The number of rotatable bonds is 8. The van der Waals surface area contributed by atoms with Gasteiger partial charge in [0, 0.05) is 23.2 Å². The van der Waals surface area contributed by atoms with Crippen molar-refractivity contribution < 1.29 is 27.2 Å². The summed E-state index contributed by atoms with van der Waals surface area (Å²) >= 11 is 1.50. The first-order chi connectivity index (χ1) is 18.2. The average molecular weight is 548 g/mol. The standard InChI is InChI=1S/C28H29F4N3O2S/c29-22-13-11-20(12-14-22)17-34(18-25-10-5-15-38-25)26(36)19-35(24-8-2-1-3-9-24)27(37)33-23-7-4-6-21(16-23)28(30,31)32/h4-7,10-16,24H,1-3,8-9,17-19H2,(H,33,37). The van der Waals surface area contributed by atoms with Gasteiger partial charge in [0.15, 0.2) is 0 Å². The Bertz CT molecular complexity index is 1210. The predicted molar refractivity (Wildman–Crippen MR) is 139 cm³/mol. The van der Waals surface area contributed by atoms with Gasteiger partial charge in [-0.1, -0.05) is 43.5 Å². The van der Waals surface area contributed by atoms with Crippen molar-refractivity contribution in [1.82, 2.24) is 9.80 Å². The van der Waals surface area contributed by atoms with E-state index in [0.29, 0.717) is 19.4 Å². The van der Waals surface area contributed by atoms with Gasteiger partial charge in [-0.2, -0.15) is 13.2 Å². The number of alkyl halides is 3. The molecule has 1 heterocycles. The highest BCUT2D eigenvalue weighted by atomic mass is 32.1. The van der Waals surface area contributed by atoms with E-state index in [2.05, 4.69) is 5.32 Å². The molecule has 0 saturated heterocycles. The Labute approximate surface area is 223 Å². The van der Waals surface area contributed by atoms with Crippen LogP contribution in [-0.4, -0.2) is 34.3 Å². The summed E-state index contributed by atoms with van der Waals surface area (Å²) in [6, 6.07) is 13.3. The van der Waals surface area contributed by atoms with Crippen LogP contribution in [0.3, 0.4) is 0 Å². The van der Waals surface area contributed by atoms with E-state index in [4.69, 9.17) is 0 Å². The minimum absolute atomic E-state index is 0.0137. The number of amides is 3. The van der Waals surface area contributed by atoms with Gasteiger partial charge in [0.05, 0.1) is 12.1 Å². The summed E-state index contributed by atoms with van der Waals surface area (Å²) in [5.74, 6) is -0.674. The molecule has 1 aromatic heterocycles. The van der Waals surface area contributed by atoms with E-state index in [9.17, 15) is 27.2 Å². The molecular formula is C28H29F4N3O2S. The summed E-state index contributed by atoms with van der Waals surface area (Å²) < 4.78 is 53.0. The number of urea groups is 1. The maximum atomic E-state index is 13.6. The number of nitrogens with zero attached hydrogens (tertiary/aromatic N) is 2. The smallest absolute Gasteiger partial charge is 0.332 e. The summed E-state index contributed by atoms with van der Waals surface area (Å²) in [7, 11) is 0. The lowest BCUT2D eigenvalue weighted by Crippen LogP contribution is -2.49. The second kappa shape index (κ2) is 12.4. The minimum Gasteiger partial charge on any atom is -0.332 e. The fourth-order valence-electron chi connectivity index (χ4n) is 4.61. The third-order valence-electron chi connectivity index (χ3n) is 6.59. The van der Waals surface area contributed by atoms with Gasteiger partial charge in [0.25, 0.3) is 0 Å². The first kappa shape index (κ1) is 27.6. The maximum Gasteiger partial charge on any atom is 0.416 e. The second-order valence-electron chi connectivity index (χ2n) is 9.38. The highest BCUT2D eigenvalue weighted by Gasteiger charge is 2.32. The molecule has 10 heteroatoms. The molecule has 1 saturated carbocycles. The number of nitrogens with one attached hydrogen (secondary N) is 1. The van der Waals surface area contributed by atoms with Crippen LogP contribution >= 0.6 is 11.3 Å². The quantitative estimate of drug-likeness (QED) is 0.301. The topological polar surface area (TPSA) is 52.7 Å². The Morgan fingerprint density at radius 3 is 2.34 bits per heavy atom. The molecule has 38 heavy (non-hydrogen) atoms. The Hall–Kier alpha value is -3.40. The molecule has 1 aliphatic rings. The molecule has 0 bridgehead atoms. The fraction of sp³-hybridized carbons (Fsp3) is 0.357. The lowest BCUT2D eigenvalue weighted by Gasteiger charge is -2.35. The van der Waals surface area contributed by atoms with Crippen LogP contribution in [0.15, 0.2) is 66.0 Å². The van der Waals surface area contributed by atoms with Crippen molar-refractivity contribution in [3.05, 3.63) is 87.9 Å². The van der Waals surface area contributed by atoms with Crippen molar-refractivity contribution >= 4 is 29.0 Å². The number of halogens is 4. The van der Waals surface area contributed by atoms with Crippen LogP contribution in [0.2, 0.25) is 0 Å². The first-order valence-corrected chi connectivity index (χ1v) is 13.4. The molecule has 0 aliphatic heterocycles. The van der Waals surface area contributed by atoms with E-state index >= 15 is 0 Å². The highest BCUT2D eigenvalue weighted by Crippen LogP contribution is 2.31. The van der Waals surface area contributed by atoms with Crippen molar-refractivity contribution in [3.8, 4) is 0 Å². The molecule has 3 aromatic rings. The molecule has 0 spiro atoms. The van der Waals surface area contributed by atoms with E-state index < -0.39 is 17.8 Å². The maximum absolute atomic E-state index is 13.6. The summed E-state index contributed by atoms with van der Waals surface area (Å²) in [6.45, 7) is 0.328. The van der Waals surface area contributed by atoms with Crippen LogP contribution in [0.1, 0.15) is 48.1 Å². The molecular weight excluding hydrogens is 518 g/mol. The Kier molecular flexibility index (Phi) is 9.04. The van der Waals surface area contributed by atoms with Gasteiger partial charge >= 0.3 is 12.2 Å². The number of carbonyl (C=O) groups excluding carboxylic acids is 2. The predicted octanol–water partition coefficient (Wildman–Crippen LogP) is 7.30. The Morgan fingerprint density at radius 1 is 0.947 bits per heavy atom. The van der Waals surface area contributed by atoms with Gasteiger partial charge in [0.2, 0.25) is 5.91 Å². The lowest BCUT2D eigenvalue weighted by molar-refractivity contribution is -0.137. The van der Waals surface area contributed by atoms with Crippen LogP contribution in [0, 0.1) is 5.82 Å². The van der Waals surface area contributed by atoms with E-state index in [1.165, 1.54) is 40.5 Å². The first-order valence-electron chi connectivity index (χ1n) is 12.5. The van der Waals surface area contributed by atoms with E-state index in [-0.39, 0.29) is 36.5 Å². The summed E-state index contributed by atoms with van der Waals surface area (Å²) in [6.07, 6.45) is -0.273. The van der Waals surface area contributed by atoms with Crippen LogP contribution < -0.4 is 5.32 Å². The lowest BCUT2D eigenvalue weighted by atomic mass is 9.94. The van der Waals surface area contributed by atoms with Gasteiger partial charge < -0.3 is 15.1 Å². The Morgan fingerprint density at radius 2 is 1.68 bits per heavy atom. The molecule has 4 rings (SSSR count). The van der Waals surface area contributed by atoms with Crippen molar-refractivity contribution in [2.45, 2.75) is 57.4 Å². The number of anilines is 1. The zero-order valence-corrected chi connectivity index (χ0v) is 21.5. The van der Waals surface area contributed by atoms with Gasteiger partial charge in [-0.25, -0.2) is 9.18 Å². The third kappa shape index (κ3) is 7.56. The van der Waals surface area contributed by atoms with Crippen molar-refractivity contribution in [1.29, 1.82) is 0 Å². The van der Waals surface area contributed by atoms with Crippen LogP contribution in [0.4, 0.5) is 28.0 Å². The summed E-state index contributed by atoms with van der Waals surface area (Å²) in [5, 5.41) is 4.48. The molecule has 1 fully saturated rings. The van der Waals surface area contributed by atoms with Crippen LogP contribution in [0.5, 0.6) is 0 Å². The minimum atomic E-state index is -4.54. The van der Waals surface area contributed by atoms with Crippen LogP contribution in [-0.2, 0) is 24.1 Å². The second-order valence-corrected chi connectivity index (χ2v) is 10.4. The van der Waals surface area contributed by atoms with Gasteiger partial charge in [-0.15, -0.1) is 11.3 Å². The fourth-order valence-corrected chi connectivity index (χ4v) is 5.33. The monoisotopic (exact) mass is 547 g/mol. The van der Waals surface area contributed by atoms with Gasteiger partial charge in [-0.05, 0) is 60.2 Å². The van der Waals surface area contributed by atoms with E-state index in [1.54, 1.807) is 17.0 Å².